The van der Waals surface area contributed by atoms with E-state index in [1.54, 1.807) is 20.8 Å². The number of ether oxygens (including phenoxy) is 1. The van der Waals surface area contributed by atoms with Crippen LogP contribution in [0.3, 0.4) is 0 Å². The van der Waals surface area contributed by atoms with E-state index in [0.717, 1.165) is 11.8 Å². The number of alkyl halides is 7. The molecule has 0 aliphatic carbocycles. The second-order valence-corrected chi connectivity index (χ2v) is 6.42. The second kappa shape index (κ2) is 8.43. The molecule has 0 spiro atoms. The summed E-state index contributed by atoms with van der Waals surface area (Å²) in [7, 11) is 0. The third-order valence-electron chi connectivity index (χ3n) is 2.87. The van der Waals surface area contributed by atoms with Gasteiger partial charge in [0.15, 0.2) is 0 Å². The zero-order valence-electron chi connectivity index (χ0n) is 12.9. The molecular weight excluding hydrogens is 353 g/mol. The highest BCUT2D eigenvalue weighted by Crippen LogP contribution is 2.48. The fraction of sp³-hybridized carbons (Fsp3) is 0.923. The Morgan fingerprint density at radius 2 is 1.61 bits per heavy atom. The Labute approximate surface area is 134 Å². The molecule has 2 nitrogen and oxygen atoms in total. The van der Waals surface area contributed by atoms with Gasteiger partial charge in [0.2, 0.25) is 0 Å². The number of esters is 1. The highest BCUT2D eigenvalue weighted by molar-refractivity contribution is 8.00. The summed E-state index contributed by atoms with van der Waals surface area (Å²) in [6.07, 6.45) is -8.53. The van der Waals surface area contributed by atoms with Gasteiger partial charge in [0.25, 0.3) is 0 Å². The summed E-state index contributed by atoms with van der Waals surface area (Å²) >= 11 is 0.902. The molecular formula is C13H19F7O2S. The maximum atomic E-state index is 13.1. The van der Waals surface area contributed by atoms with Crippen molar-refractivity contribution in [2.75, 3.05) is 12.4 Å². The predicted octanol–water partition coefficient (Wildman–Crippen LogP) is 4.92. The zero-order chi connectivity index (χ0) is 18.5. The zero-order valence-corrected chi connectivity index (χ0v) is 13.7. The number of hydrogen-bond donors (Lipinski definition) is 0. The summed E-state index contributed by atoms with van der Waals surface area (Å²) in [6, 6.07) is 0. The summed E-state index contributed by atoms with van der Waals surface area (Å²) in [6.45, 7) is 5.07. The van der Waals surface area contributed by atoms with E-state index >= 15 is 0 Å². The lowest BCUT2D eigenvalue weighted by Crippen LogP contribution is -2.51. The van der Waals surface area contributed by atoms with Crippen LogP contribution in [0, 0.1) is 5.92 Å². The van der Waals surface area contributed by atoms with Gasteiger partial charge in [-0.05, 0) is 25.0 Å². The van der Waals surface area contributed by atoms with Crippen molar-refractivity contribution in [3.63, 3.8) is 0 Å². The summed E-state index contributed by atoms with van der Waals surface area (Å²) < 4.78 is 92.3. The van der Waals surface area contributed by atoms with Crippen LogP contribution in [-0.4, -0.2) is 41.6 Å². The first kappa shape index (κ1) is 22.3. The molecule has 10 heteroatoms. The molecule has 0 heterocycles. The van der Waals surface area contributed by atoms with Crippen LogP contribution in [0.2, 0.25) is 0 Å². The molecule has 0 aromatic heterocycles. The Balaban J connectivity index is 4.56. The van der Waals surface area contributed by atoms with E-state index in [4.69, 9.17) is 4.74 Å². The van der Waals surface area contributed by atoms with E-state index < -0.39 is 42.1 Å². The van der Waals surface area contributed by atoms with Gasteiger partial charge in [-0.3, -0.25) is 4.79 Å². The van der Waals surface area contributed by atoms with Gasteiger partial charge in [-0.1, -0.05) is 13.8 Å². The van der Waals surface area contributed by atoms with Crippen molar-refractivity contribution in [1.82, 2.24) is 0 Å². The SMILES string of the molecule is CCOC(=O)C(SCCCC(F)(F)C(F)(F)C(F)(F)F)C(C)C. The second-order valence-electron chi connectivity index (χ2n) is 5.17. The van der Waals surface area contributed by atoms with Gasteiger partial charge in [0.05, 0.1) is 6.61 Å². The maximum absolute atomic E-state index is 13.1. The van der Waals surface area contributed by atoms with Crippen molar-refractivity contribution in [3.05, 3.63) is 0 Å². The molecule has 0 N–H and O–H groups in total. The number of halogens is 7. The molecule has 0 bridgehead atoms. The molecule has 1 unspecified atom stereocenters. The first-order chi connectivity index (χ1) is 10.3. The van der Waals surface area contributed by atoms with Gasteiger partial charge in [-0.2, -0.15) is 30.7 Å². The van der Waals surface area contributed by atoms with Gasteiger partial charge in [0, 0.05) is 6.42 Å². The number of carbonyl (C=O) groups excluding carboxylic acids is 1. The van der Waals surface area contributed by atoms with Crippen LogP contribution in [0.15, 0.2) is 0 Å². The van der Waals surface area contributed by atoms with E-state index in [1.165, 1.54) is 0 Å². The van der Waals surface area contributed by atoms with E-state index in [-0.39, 0.29) is 18.3 Å². The van der Waals surface area contributed by atoms with Crippen molar-refractivity contribution in [3.8, 4) is 0 Å². The van der Waals surface area contributed by atoms with Crippen LogP contribution in [0.5, 0.6) is 0 Å². The molecule has 0 aliphatic rings. The average Bonchev–Trinajstić information content (AvgIpc) is 2.36. The standard InChI is InChI=1S/C13H19F7O2S/c1-4-22-10(21)9(8(2)3)23-7-5-6-11(14,15)12(16,17)13(18,19)20/h8-9H,4-7H2,1-3H3. The van der Waals surface area contributed by atoms with Crippen LogP contribution in [-0.2, 0) is 9.53 Å². The number of thioether (sulfide) groups is 1. The fourth-order valence-corrected chi connectivity index (χ4v) is 2.78. The van der Waals surface area contributed by atoms with Crippen molar-refractivity contribution >= 4 is 17.7 Å². The Bertz CT molecular complexity index is 383. The van der Waals surface area contributed by atoms with E-state index in [0.29, 0.717) is 0 Å². The van der Waals surface area contributed by atoms with Crippen LogP contribution >= 0.6 is 11.8 Å². The van der Waals surface area contributed by atoms with Crippen molar-refractivity contribution in [2.24, 2.45) is 5.92 Å². The molecule has 0 aliphatic heterocycles. The van der Waals surface area contributed by atoms with Crippen LogP contribution in [0.4, 0.5) is 30.7 Å². The Morgan fingerprint density at radius 3 is 2.00 bits per heavy atom. The lowest BCUT2D eigenvalue weighted by atomic mass is 10.1. The van der Waals surface area contributed by atoms with E-state index in [9.17, 15) is 35.5 Å². The Morgan fingerprint density at radius 1 is 1.09 bits per heavy atom. The molecule has 0 aromatic carbocycles. The van der Waals surface area contributed by atoms with Crippen molar-refractivity contribution < 1.29 is 40.3 Å². The third-order valence-corrected chi connectivity index (χ3v) is 4.49. The van der Waals surface area contributed by atoms with Crippen molar-refractivity contribution in [2.45, 2.75) is 56.9 Å². The first-order valence-electron chi connectivity index (χ1n) is 6.88. The average molecular weight is 372 g/mol. The molecule has 0 radical (unpaired) electrons. The minimum absolute atomic E-state index is 0.124. The van der Waals surface area contributed by atoms with Gasteiger partial charge in [-0.25, -0.2) is 0 Å². The fourth-order valence-electron chi connectivity index (χ4n) is 1.63. The monoisotopic (exact) mass is 372 g/mol. The molecule has 0 saturated heterocycles. The molecule has 0 saturated carbocycles. The normalized spacial score (nSPS) is 14.9. The molecule has 0 rings (SSSR count). The Kier molecular flexibility index (Phi) is 8.19. The lowest BCUT2D eigenvalue weighted by molar-refractivity contribution is -0.355. The van der Waals surface area contributed by atoms with Crippen LogP contribution < -0.4 is 0 Å². The molecule has 1 atom stereocenters. The minimum Gasteiger partial charge on any atom is -0.465 e. The Hall–Kier alpha value is -0.670. The highest BCUT2D eigenvalue weighted by atomic mass is 32.2. The van der Waals surface area contributed by atoms with Gasteiger partial charge in [0.1, 0.15) is 5.25 Å². The maximum Gasteiger partial charge on any atom is 0.459 e. The molecule has 23 heavy (non-hydrogen) atoms. The topological polar surface area (TPSA) is 26.3 Å². The third kappa shape index (κ3) is 6.04. The van der Waals surface area contributed by atoms with Gasteiger partial charge in [-0.15, -0.1) is 11.8 Å². The smallest absolute Gasteiger partial charge is 0.459 e. The molecule has 0 fully saturated rings. The number of rotatable bonds is 9. The van der Waals surface area contributed by atoms with Gasteiger partial charge >= 0.3 is 24.0 Å². The minimum atomic E-state index is -6.31. The summed E-state index contributed by atoms with van der Waals surface area (Å²) in [4.78, 5) is 11.6. The largest absolute Gasteiger partial charge is 0.465 e. The van der Waals surface area contributed by atoms with Crippen LogP contribution in [0.1, 0.15) is 33.6 Å². The molecule has 138 valence electrons. The van der Waals surface area contributed by atoms with Crippen molar-refractivity contribution in [1.29, 1.82) is 0 Å². The molecule has 0 aromatic rings. The lowest BCUT2D eigenvalue weighted by Gasteiger charge is -2.28. The number of carbonyl (C=O) groups is 1. The summed E-state index contributed by atoms with van der Waals surface area (Å²) in [5, 5.41) is -0.688. The predicted molar refractivity (Wildman–Crippen MR) is 72.9 cm³/mol. The van der Waals surface area contributed by atoms with Crippen LogP contribution in [0.25, 0.3) is 0 Å². The summed E-state index contributed by atoms with van der Waals surface area (Å²) in [5.74, 6) is -12.2. The molecule has 0 amide bonds. The summed E-state index contributed by atoms with van der Waals surface area (Å²) in [5.41, 5.74) is 0. The highest BCUT2D eigenvalue weighted by Gasteiger charge is 2.72. The number of hydrogen-bond acceptors (Lipinski definition) is 3. The van der Waals surface area contributed by atoms with E-state index in [1.807, 2.05) is 0 Å². The quantitative estimate of drug-likeness (QED) is 0.326. The first-order valence-corrected chi connectivity index (χ1v) is 7.93. The van der Waals surface area contributed by atoms with E-state index in [2.05, 4.69) is 0 Å². The van der Waals surface area contributed by atoms with Gasteiger partial charge < -0.3 is 4.74 Å².